The van der Waals surface area contributed by atoms with E-state index in [4.69, 9.17) is 5.11 Å². The van der Waals surface area contributed by atoms with E-state index in [-0.39, 0.29) is 0 Å². The van der Waals surface area contributed by atoms with Gasteiger partial charge in [-0.15, -0.1) is 0 Å². The van der Waals surface area contributed by atoms with E-state index in [9.17, 15) is 4.79 Å². The van der Waals surface area contributed by atoms with Crippen LogP contribution in [0.1, 0.15) is 32.1 Å². The number of fused-ring (bicyclic) bond motifs is 2. The summed E-state index contributed by atoms with van der Waals surface area (Å²) in [6.07, 6.45) is 5.58. The molecule has 2 aliphatic rings. The fraction of sp³-hybridized carbons (Fsp3) is 0.889. The molecule has 0 unspecified atom stereocenters. The van der Waals surface area contributed by atoms with Crippen LogP contribution in [0, 0.1) is 17.8 Å². The van der Waals surface area contributed by atoms with E-state index in [2.05, 4.69) is 0 Å². The van der Waals surface area contributed by atoms with E-state index in [1.54, 1.807) is 0 Å². The van der Waals surface area contributed by atoms with Gasteiger partial charge in [-0.3, -0.25) is 4.79 Å². The number of carboxylic acid groups (broad SMARTS) is 1. The highest BCUT2D eigenvalue weighted by molar-refractivity contribution is 5.67. The first-order valence-corrected chi connectivity index (χ1v) is 4.47. The molecule has 1 N–H and O–H groups in total. The minimum atomic E-state index is -0.609. The fourth-order valence-corrected chi connectivity index (χ4v) is 2.85. The second-order valence-electron chi connectivity index (χ2n) is 4.03. The average molecular weight is 154 g/mol. The van der Waals surface area contributed by atoms with Crippen LogP contribution >= 0.6 is 0 Å². The van der Waals surface area contributed by atoms with Crippen molar-refractivity contribution in [2.24, 2.45) is 17.8 Å². The summed E-state index contributed by atoms with van der Waals surface area (Å²) in [6.45, 7) is 0. The van der Waals surface area contributed by atoms with E-state index < -0.39 is 5.97 Å². The monoisotopic (exact) mass is 154 g/mol. The van der Waals surface area contributed by atoms with Gasteiger partial charge in [-0.25, -0.2) is 0 Å². The molecule has 0 radical (unpaired) electrons. The van der Waals surface area contributed by atoms with E-state index in [0.29, 0.717) is 12.3 Å². The van der Waals surface area contributed by atoms with Crippen molar-refractivity contribution in [3.63, 3.8) is 0 Å². The maximum Gasteiger partial charge on any atom is 0.303 e. The first-order chi connectivity index (χ1) is 5.25. The van der Waals surface area contributed by atoms with Crippen molar-refractivity contribution < 1.29 is 9.90 Å². The van der Waals surface area contributed by atoms with Crippen LogP contribution < -0.4 is 0 Å². The molecule has 2 fully saturated rings. The van der Waals surface area contributed by atoms with Gasteiger partial charge in [-0.2, -0.15) is 0 Å². The summed E-state index contributed by atoms with van der Waals surface area (Å²) >= 11 is 0. The molecule has 11 heavy (non-hydrogen) atoms. The number of hydrogen-bond donors (Lipinski definition) is 1. The molecule has 0 heterocycles. The smallest absolute Gasteiger partial charge is 0.303 e. The molecule has 3 atom stereocenters. The lowest BCUT2D eigenvalue weighted by Gasteiger charge is -2.18. The van der Waals surface area contributed by atoms with Crippen LogP contribution in [-0.4, -0.2) is 11.1 Å². The van der Waals surface area contributed by atoms with E-state index in [1.807, 2.05) is 0 Å². The molecule has 62 valence electrons. The molecule has 2 nitrogen and oxygen atoms in total. The predicted molar refractivity (Wildman–Crippen MR) is 41.2 cm³/mol. The standard InChI is InChI=1S/C9H14O2/c10-9(11)5-8-4-6-1-2-7(8)3-6/h6-8H,1-5H2,(H,10,11)/t6-,7-,8-/m1/s1. The van der Waals surface area contributed by atoms with Gasteiger partial charge in [-0.1, -0.05) is 6.42 Å². The molecule has 0 aromatic rings. The van der Waals surface area contributed by atoms with Crippen molar-refractivity contribution in [3.05, 3.63) is 0 Å². The van der Waals surface area contributed by atoms with Crippen LogP contribution in [0.25, 0.3) is 0 Å². The summed E-state index contributed by atoms with van der Waals surface area (Å²) in [5, 5.41) is 8.60. The summed E-state index contributed by atoms with van der Waals surface area (Å²) < 4.78 is 0. The number of carbonyl (C=O) groups is 1. The summed E-state index contributed by atoms with van der Waals surface area (Å²) in [5.74, 6) is 1.55. The van der Waals surface area contributed by atoms with Gasteiger partial charge in [0.1, 0.15) is 0 Å². The number of rotatable bonds is 2. The van der Waals surface area contributed by atoms with Gasteiger partial charge < -0.3 is 5.11 Å². The molecular formula is C9H14O2. The highest BCUT2D eigenvalue weighted by atomic mass is 16.4. The number of aliphatic carboxylic acids is 1. The lowest BCUT2D eigenvalue weighted by molar-refractivity contribution is -0.138. The maximum atomic E-state index is 10.4. The average Bonchev–Trinajstić information content (AvgIpc) is 2.45. The third-order valence-corrected chi connectivity index (χ3v) is 3.32. The van der Waals surface area contributed by atoms with Crippen LogP contribution in [-0.2, 0) is 4.79 Å². The third kappa shape index (κ3) is 1.26. The SMILES string of the molecule is O=C(O)C[C@H]1C[C@@H]2CC[C@@H]1C2. The zero-order valence-electron chi connectivity index (χ0n) is 6.62. The zero-order chi connectivity index (χ0) is 7.84. The van der Waals surface area contributed by atoms with Gasteiger partial charge in [0.25, 0.3) is 0 Å². The van der Waals surface area contributed by atoms with Gasteiger partial charge >= 0.3 is 5.97 Å². The van der Waals surface area contributed by atoms with Crippen LogP contribution in [0.4, 0.5) is 0 Å². The Morgan fingerprint density at radius 1 is 1.36 bits per heavy atom. The van der Waals surface area contributed by atoms with Gasteiger partial charge in [-0.05, 0) is 37.0 Å². The maximum absolute atomic E-state index is 10.4. The summed E-state index contributed by atoms with van der Waals surface area (Å²) in [6, 6.07) is 0. The van der Waals surface area contributed by atoms with Crippen LogP contribution in [0.15, 0.2) is 0 Å². The normalized spacial score (nSPS) is 41.3. The molecule has 0 spiro atoms. The Morgan fingerprint density at radius 2 is 2.18 bits per heavy atom. The molecular weight excluding hydrogens is 140 g/mol. The Morgan fingerprint density at radius 3 is 2.64 bits per heavy atom. The molecule has 0 aromatic heterocycles. The molecule has 0 saturated heterocycles. The molecule has 2 bridgehead atoms. The zero-order valence-corrected chi connectivity index (χ0v) is 6.62. The predicted octanol–water partition coefficient (Wildman–Crippen LogP) is 1.90. The van der Waals surface area contributed by atoms with Crippen LogP contribution in [0.5, 0.6) is 0 Å². The van der Waals surface area contributed by atoms with Crippen LogP contribution in [0.3, 0.4) is 0 Å². The van der Waals surface area contributed by atoms with Gasteiger partial charge in [0.05, 0.1) is 0 Å². The van der Waals surface area contributed by atoms with E-state index in [0.717, 1.165) is 11.8 Å². The Balaban J connectivity index is 1.92. The van der Waals surface area contributed by atoms with E-state index >= 15 is 0 Å². The molecule has 2 aliphatic carbocycles. The summed E-state index contributed by atoms with van der Waals surface area (Å²) in [4.78, 5) is 10.4. The summed E-state index contributed by atoms with van der Waals surface area (Å²) in [7, 11) is 0. The molecule has 2 rings (SSSR count). The topological polar surface area (TPSA) is 37.3 Å². The van der Waals surface area contributed by atoms with Gasteiger partial charge in [0.2, 0.25) is 0 Å². The highest BCUT2D eigenvalue weighted by Crippen LogP contribution is 2.49. The third-order valence-electron chi connectivity index (χ3n) is 3.32. The molecule has 2 heteroatoms. The van der Waals surface area contributed by atoms with Gasteiger partial charge in [0, 0.05) is 6.42 Å². The van der Waals surface area contributed by atoms with Gasteiger partial charge in [0.15, 0.2) is 0 Å². The Kier molecular flexibility index (Phi) is 1.63. The quantitative estimate of drug-likeness (QED) is 0.659. The molecule has 0 aromatic carbocycles. The highest BCUT2D eigenvalue weighted by Gasteiger charge is 2.39. The first kappa shape index (κ1) is 7.14. The molecule has 0 aliphatic heterocycles. The van der Waals surface area contributed by atoms with Crippen molar-refractivity contribution in [1.82, 2.24) is 0 Å². The second kappa shape index (κ2) is 2.50. The van der Waals surface area contributed by atoms with E-state index in [1.165, 1.54) is 25.7 Å². The molecule has 0 amide bonds. The second-order valence-corrected chi connectivity index (χ2v) is 4.03. The van der Waals surface area contributed by atoms with Crippen molar-refractivity contribution >= 4 is 5.97 Å². The lowest BCUT2D eigenvalue weighted by atomic mass is 9.86. The van der Waals surface area contributed by atoms with Crippen molar-refractivity contribution in [1.29, 1.82) is 0 Å². The first-order valence-electron chi connectivity index (χ1n) is 4.47. The fourth-order valence-electron chi connectivity index (χ4n) is 2.85. The minimum absolute atomic E-state index is 0.418. The number of hydrogen-bond acceptors (Lipinski definition) is 1. The number of carboxylic acids is 1. The van der Waals surface area contributed by atoms with Crippen LogP contribution in [0.2, 0.25) is 0 Å². The largest absolute Gasteiger partial charge is 0.481 e. The lowest BCUT2D eigenvalue weighted by Crippen LogP contribution is -2.14. The minimum Gasteiger partial charge on any atom is -0.481 e. The Labute approximate surface area is 66.6 Å². The van der Waals surface area contributed by atoms with Crippen molar-refractivity contribution in [2.75, 3.05) is 0 Å². The Bertz CT molecular complexity index is 176. The molecule has 2 saturated carbocycles. The van der Waals surface area contributed by atoms with Crippen molar-refractivity contribution in [3.8, 4) is 0 Å². The Hall–Kier alpha value is -0.530. The summed E-state index contributed by atoms with van der Waals surface area (Å²) in [5.41, 5.74) is 0. The van der Waals surface area contributed by atoms with Crippen molar-refractivity contribution in [2.45, 2.75) is 32.1 Å².